The Morgan fingerprint density at radius 2 is 2.33 bits per heavy atom. The van der Waals surface area contributed by atoms with Crippen LogP contribution in [0.3, 0.4) is 0 Å². The molecular formula is C13H20N4O. The molecule has 2 rings (SSSR count). The monoisotopic (exact) mass is 248 g/mol. The number of aryl methyl sites for hydroxylation is 1. The van der Waals surface area contributed by atoms with E-state index in [1.807, 2.05) is 19.1 Å². The maximum absolute atomic E-state index is 11.9. The van der Waals surface area contributed by atoms with Crippen molar-refractivity contribution in [1.29, 1.82) is 0 Å². The molecule has 2 heterocycles. The number of nitrogens with one attached hydrogen (secondary N) is 2. The minimum Gasteiger partial charge on any atom is -0.324 e. The number of nitrogens with zero attached hydrogens (tertiary/aromatic N) is 2. The van der Waals surface area contributed by atoms with E-state index in [0.29, 0.717) is 6.54 Å². The average molecular weight is 248 g/mol. The summed E-state index contributed by atoms with van der Waals surface area (Å²) in [7, 11) is 0. The molecule has 0 atom stereocenters. The van der Waals surface area contributed by atoms with Gasteiger partial charge in [-0.25, -0.2) is 0 Å². The fraction of sp³-hybridized carbons (Fsp3) is 0.538. The standard InChI is InChI=1S/C13H20N4O/c1-11-3-4-12(9-15-11)16-13(18)10-17-7-2-5-14-6-8-17/h3-4,9,14H,2,5-8,10H2,1H3,(H,16,18). The smallest absolute Gasteiger partial charge is 0.238 e. The number of anilines is 1. The molecule has 0 aromatic carbocycles. The van der Waals surface area contributed by atoms with E-state index in [1.165, 1.54) is 0 Å². The van der Waals surface area contributed by atoms with Crippen LogP contribution in [0.5, 0.6) is 0 Å². The van der Waals surface area contributed by atoms with Crippen molar-refractivity contribution in [2.75, 3.05) is 38.0 Å². The lowest BCUT2D eigenvalue weighted by molar-refractivity contribution is -0.117. The second-order valence-electron chi connectivity index (χ2n) is 4.62. The Morgan fingerprint density at radius 3 is 3.11 bits per heavy atom. The van der Waals surface area contributed by atoms with Gasteiger partial charge in [0.1, 0.15) is 0 Å². The summed E-state index contributed by atoms with van der Waals surface area (Å²) < 4.78 is 0. The van der Waals surface area contributed by atoms with Crippen LogP contribution in [0.25, 0.3) is 0 Å². The van der Waals surface area contributed by atoms with Crippen molar-refractivity contribution in [3.63, 3.8) is 0 Å². The van der Waals surface area contributed by atoms with E-state index in [2.05, 4.69) is 20.5 Å². The molecule has 18 heavy (non-hydrogen) atoms. The minimum absolute atomic E-state index is 0.0301. The SMILES string of the molecule is Cc1ccc(NC(=O)CN2CCCNCC2)cn1. The second-order valence-corrected chi connectivity index (χ2v) is 4.62. The van der Waals surface area contributed by atoms with Crippen molar-refractivity contribution in [1.82, 2.24) is 15.2 Å². The minimum atomic E-state index is 0.0301. The normalized spacial score (nSPS) is 17.2. The van der Waals surface area contributed by atoms with Crippen LogP contribution in [0.2, 0.25) is 0 Å². The van der Waals surface area contributed by atoms with Crippen molar-refractivity contribution in [2.45, 2.75) is 13.3 Å². The molecule has 1 aromatic rings. The Hall–Kier alpha value is -1.46. The van der Waals surface area contributed by atoms with Gasteiger partial charge < -0.3 is 10.6 Å². The average Bonchev–Trinajstić information content (AvgIpc) is 2.61. The summed E-state index contributed by atoms with van der Waals surface area (Å²) in [6.45, 7) is 6.29. The third-order valence-electron chi connectivity index (χ3n) is 3.00. The summed E-state index contributed by atoms with van der Waals surface area (Å²) in [5.74, 6) is 0.0301. The fourth-order valence-corrected chi connectivity index (χ4v) is 2.01. The Balaban J connectivity index is 1.82. The molecule has 1 fully saturated rings. The first kappa shape index (κ1) is 13.0. The molecule has 1 aliphatic heterocycles. The van der Waals surface area contributed by atoms with Crippen LogP contribution in [0.1, 0.15) is 12.1 Å². The lowest BCUT2D eigenvalue weighted by atomic mass is 10.3. The number of carbonyl (C=O) groups excluding carboxylic acids is 1. The number of pyridine rings is 1. The Kier molecular flexibility index (Phi) is 4.66. The van der Waals surface area contributed by atoms with Gasteiger partial charge in [0.25, 0.3) is 0 Å². The zero-order valence-corrected chi connectivity index (χ0v) is 10.8. The highest BCUT2D eigenvalue weighted by Crippen LogP contribution is 2.05. The van der Waals surface area contributed by atoms with E-state index in [1.54, 1.807) is 6.20 Å². The Bertz CT molecular complexity index is 382. The second kappa shape index (κ2) is 6.47. The fourth-order valence-electron chi connectivity index (χ4n) is 2.01. The van der Waals surface area contributed by atoms with Gasteiger partial charge in [-0.2, -0.15) is 0 Å². The summed E-state index contributed by atoms with van der Waals surface area (Å²) in [4.78, 5) is 18.2. The van der Waals surface area contributed by atoms with E-state index in [4.69, 9.17) is 0 Å². The first-order chi connectivity index (χ1) is 8.74. The van der Waals surface area contributed by atoms with Gasteiger partial charge in [0.05, 0.1) is 18.4 Å². The third kappa shape index (κ3) is 4.09. The van der Waals surface area contributed by atoms with E-state index < -0.39 is 0 Å². The van der Waals surface area contributed by atoms with Crippen molar-refractivity contribution in [3.05, 3.63) is 24.0 Å². The number of rotatable bonds is 3. The number of aromatic nitrogens is 1. The molecule has 0 bridgehead atoms. The first-order valence-electron chi connectivity index (χ1n) is 6.39. The van der Waals surface area contributed by atoms with E-state index in [0.717, 1.165) is 44.0 Å². The molecule has 0 spiro atoms. The molecule has 98 valence electrons. The highest BCUT2D eigenvalue weighted by molar-refractivity contribution is 5.92. The molecule has 1 amide bonds. The quantitative estimate of drug-likeness (QED) is 0.823. The first-order valence-corrected chi connectivity index (χ1v) is 6.39. The van der Waals surface area contributed by atoms with Gasteiger partial charge in [-0.3, -0.25) is 14.7 Å². The maximum Gasteiger partial charge on any atom is 0.238 e. The van der Waals surface area contributed by atoms with Crippen molar-refractivity contribution in [3.8, 4) is 0 Å². The maximum atomic E-state index is 11.9. The molecule has 1 aliphatic rings. The van der Waals surface area contributed by atoms with E-state index >= 15 is 0 Å². The van der Waals surface area contributed by atoms with Gasteiger partial charge in [-0.15, -0.1) is 0 Å². The van der Waals surface area contributed by atoms with Crippen LogP contribution >= 0.6 is 0 Å². The molecule has 0 radical (unpaired) electrons. The molecule has 1 saturated heterocycles. The molecule has 0 aliphatic carbocycles. The number of hydrogen-bond acceptors (Lipinski definition) is 4. The highest BCUT2D eigenvalue weighted by Gasteiger charge is 2.12. The van der Waals surface area contributed by atoms with Crippen LogP contribution in [0, 0.1) is 6.92 Å². The van der Waals surface area contributed by atoms with Crippen molar-refractivity contribution in [2.24, 2.45) is 0 Å². The lowest BCUT2D eigenvalue weighted by Crippen LogP contribution is -2.35. The third-order valence-corrected chi connectivity index (χ3v) is 3.00. The Labute approximate surface area is 108 Å². The molecular weight excluding hydrogens is 228 g/mol. The van der Waals surface area contributed by atoms with E-state index in [-0.39, 0.29) is 5.91 Å². The molecule has 0 saturated carbocycles. The highest BCUT2D eigenvalue weighted by atomic mass is 16.2. The molecule has 0 unspecified atom stereocenters. The van der Waals surface area contributed by atoms with Gasteiger partial charge in [0.15, 0.2) is 0 Å². The van der Waals surface area contributed by atoms with Crippen molar-refractivity contribution >= 4 is 11.6 Å². The largest absolute Gasteiger partial charge is 0.324 e. The molecule has 5 heteroatoms. The molecule has 5 nitrogen and oxygen atoms in total. The molecule has 2 N–H and O–H groups in total. The van der Waals surface area contributed by atoms with Crippen LogP contribution in [0.4, 0.5) is 5.69 Å². The van der Waals surface area contributed by atoms with Crippen molar-refractivity contribution < 1.29 is 4.79 Å². The van der Waals surface area contributed by atoms with Gasteiger partial charge in [0.2, 0.25) is 5.91 Å². The predicted molar refractivity (Wildman–Crippen MR) is 71.5 cm³/mol. The summed E-state index contributed by atoms with van der Waals surface area (Å²) in [5.41, 5.74) is 1.71. The predicted octanol–water partition coefficient (Wildman–Crippen LogP) is 0.624. The van der Waals surface area contributed by atoms with Gasteiger partial charge in [0, 0.05) is 18.8 Å². The molecule has 1 aromatic heterocycles. The number of amides is 1. The topological polar surface area (TPSA) is 57.3 Å². The summed E-state index contributed by atoms with van der Waals surface area (Å²) in [6, 6.07) is 3.77. The Morgan fingerprint density at radius 1 is 1.44 bits per heavy atom. The number of hydrogen-bond donors (Lipinski definition) is 2. The number of carbonyl (C=O) groups is 1. The summed E-state index contributed by atoms with van der Waals surface area (Å²) >= 11 is 0. The summed E-state index contributed by atoms with van der Waals surface area (Å²) in [6.07, 6.45) is 2.79. The van der Waals surface area contributed by atoms with Gasteiger partial charge in [-0.05, 0) is 38.6 Å². The summed E-state index contributed by atoms with van der Waals surface area (Å²) in [5, 5.41) is 6.20. The van der Waals surface area contributed by atoms with E-state index in [9.17, 15) is 4.79 Å². The van der Waals surface area contributed by atoms with Crippen LogP contribution in [-0.2, 0) is 4.79 Å². The van der Waals surface area contributed by atoms with Crippen LogP contribution in [0.15, 0.2) is 18.3 Å². The van der Waals surface area contributed by atoms with Crippen LogP contribution in [-0.4, -0.2) is 48.5 Å². The lowest BCUT2D eigenvalue weighted by Gasteiger charge is -2.18. The van der Waals surface area contributed by atoms with Crippen LogP contribution < -0.4 is 10.6 Å². The van der Waals surface area contributed by atoms with Gasteiger partial charge in [-0.1, -0.05) is 0 Å². The zero-order chi connectivity index (χ0) is 12.8. The zero-order valence-electron chi connectivity index (χ0n) is 10.8. The van der Waals surface area contributed by atoms with Gasteiger partial charge >= 0.3 is 0 Å².